The first-order valence-corrected chi connectivity index (χ1v) is 13.4. The molecule has 4 aliphatic carbocycles. The molecule has 0 aromatic carbocycles. The van der Waals surface area contributed by atoms with Gasteiger partial charge in [-0.2, -0.15) is 0 Å². The van der Waals surface area contributed by atoms with Crippen LogP contribution in [0.3, 0.4) is 0 Å². The molecule has 0 amide bonds. The normalized spacial score (nSPS) is 46.7. The van der Waals surface area contributed by atoms with Crippen LogP contribution in [-0.4, -0.2) is 0 Å². The van der Waals surface area contributed by atoms with Gasteiger partial charge < -0.3 is 0 Å². The Labute approximate surface area is 177 Å². The van der Waals surface area contributed by atoms with E-state index in [0.29, 0.717) is 10.8 Å². The van der Waals surface area contributed by atoms with Gasteiger partial charge in [-0.25, -0.2) is 0 Å². The molecule has 0 heteroatoms. The van der Waals surface area contributed by atoms with Crippen molar-refractivity contribution >= 4 is 0 Å². The topological polar surface area (TPSA) is 0 Å². The van der Waals surface area contributed by atoms with Crippen LogP contribution in [-0.2, 0) is 0 Å². The van der Waals surface area contributed by atoms with Gasteiger partial charge in [0.05, 0.1) is 0 Å². The lowest BCUT2D eigenvalue weighted by atomic mass is 9.44. The molecule has 0 nitrogen and oxygen atoms in total. The third-order valence-electron chi connectivity index (χ3n) is 11.0. The van der Waals surface area contributed by atoms with Gasteiger partial charge in [-0.1, -0.05) is 73.1 Å². The average molecular weight is 387 g/mol. The van der Waals surface area contributed by atoms with E-state index in [1.54, 1.807) is 51.4 Å². The molecule has 0 spiro atoms. The lowest BCUT2D eigenvalue weighted by molar-refractivity contribution is -0.114. The van der Waals surface area contributed by atoms with Gasteiger partial charge in [0.2, 0.25) is 0 Å². The molecule has 0 aliphatic heterocycles. The summed E-state index contributed by atoms with van der Waals surface area (Å²) in [6, 6.07) is 0. The van der Waals surface area contributed by atoms with Gasteiger partial charge in [-0.3, -0.25) is 0 Å². The van der Waals surface area contributed by atoms with Gasteiger partial charge in [-0.05, 0) is 104 Å². The highest BCUT2D eigenvalue weighted by molar-refractivity contribution is 5.09. The first kappa shape index (κ1) is 21.2. The highest BCUT2D eigenvalue weighted by Crippen LogP contribution is 2.68. The first-order chi connectivity index (χ1) is 13.4. The van der Waals surface area contributed by atoms with E-state index in [2.05, 4.69) is 34.6 Å². The van der Waals surface area contributed by atoms with Crippen LogP contribution in [0.1, 0.15) is 125 Å². The fraction of sp³-hybridized carbons (Fsp3) is 1.00. The van der Waals surface area contributed by atoms with E-state index >= 15 is 0 Å². The van der Waals surface area contributed by atoms with Crippen molar-refractivity contribution in [1.29, 1.82) is 0 Å². The van der Waals surface area contributed by atoms with Gasteiger partial charge in [0, 0.05) is 0 Å². The maximum absolute atomic E-state index is 2.76. The van der Waals surface area contributed by atoms with Crippen LogP contribution >= 0.6 is 0 Å². The molecule has 0 heterocycles. The van der Waals surface area contributed by atoms with Crippen LogP contribution in [0.25, 0.3) is 0 Å². The summed E-state index contributed by atoms with van der Waals surface area (Å²) in [5.41, 5.74) is 1.39. The molecular formula is C28H50. The highest BCUT2D eigenvalue weighted by atomic mass is 14.6. The van der Waals surface area contributed by atoms with E-state index in [4.69, 9.17) is 0 Å². The van der Waals surface area contributed by atoms with Crippen LogP contribution in [0.15, 0.2) is 0 Å². The van der Waals surface area contributed by atoms with Gasteiger partial charge in [0.1, 0.15) is 0 Å². The maximum Gasteiger partial charge on any atom is -0.0264 e. The summed E-state index contributed by atoms with van der Waals surface area (Å²) in [6.45, 7) is 12.9. The lowest BCUT2D eigenvalue weighted by Gasteiger charge is -2.61. The van der Waals surface area contributed by atoms with Gasteiger partial charge in [0.15, 0.2) is 0 Å². The zero-order valence-electron chi connectivity index (χ0n) is 19.9. The lowest BCUT2D eigenvalue weighted by Crippen LogP contribution is -2.53. The van der Waals surface area contributed by atoms with Gasteiger partial charge >= 0.3 is 0 Å². The molecule has 4 aliphatic rings. The maximum atomic E-state index is 2.76. The molecule has 0 aromatic heterocycles. The number of unbranched alkanes of at least 4 members (excludes halogenated alkanes) is 1. The molecule has 0 bridgehead atoms. The smallest absolute Gasteiger partial charge is 0.0264 e. The van der Waals surface area contributed by atoms with Crippen molar-refractivity contribution in [3.05, 3.63) is 0 Å². The number of hydrogen-bond donors (Lipinski definition) is 0. The van der Waals surface area contributed by atoms with E-state index in [-0.39, 0.29) is 0 Å². The minimum Gasteiger partial charge on any atom is -0.0628 e. The fourth-order valence-corrected chi connectivity index (χ4v) is 9.49. The van der Waals surface area contributed by atoms with Gasteiger partial charge in [-0.15, -0.1) is 0 Å². The summed E-state index contributed by atoms with van der Waals surface area (Å²) in [5, 5.41) is 0. The SMILES string of the molecule is CC(C)CCCC[C@@H](C)C1CCC2C3CCC4CCCCC4(C)C3CCC21C. The Kier molecular flexibility index (Phi) is 6.27. The van der Waals surface area contributed by atoms with Crippen LogP contribution < -0.4 is 0 Å². The number of rotatable bonds is 6. The molecular weight excluding hydrogens is 336 g/mol. The third kappa shape index (κ3) is 3.62. The Hall–Kier alpha value is 0. The van der Waals surface area contributed by atoms with Crippen LogP contribution in [0.5, 0.6) is 0 Å². The third-order valence-corrected chi connectivity index (χ3v) is 11.0. The first-order valence-electron chi connectivity index (χ1n) is 13.4. The molecule has 4 rings (SSSR count). The van der Waals surface area contributed by atoms with E-state index < -0.39 is 0 Å². The van der Waals surface area contributed by atoms with E-state index in [1.165, 1.54) is 38.5 Å². The fourth-order valence-electron chi connectivity index (χ4n) is 9.49. The number of hydrogen-bond acceptors (Lipinski definition) is 0. The summed E-state index contributed by atoms with van der Waals surface area (Å²) in [5.74, 6) is 7.16. The Morgan fingerprint density at radius 1 is 0.714 bits per heavy atom. The van der Waals surface area contributed by atoms with Crippen molar-refractivity contribution in [2.45, 2.75) is 125 Å². The molecule has 0 aromatic rings. The van der Waals surface area contributed by atoms with Crippen molar-refractivity contribution in [3.8, 4) is 0 Å². The Balaban J connectivity index is 1.42. The van der Waals surface area contributed by atoms with E-state index in [0.717, 1.165) is 41.4 Å². The molecule has 0 radical (unpaired) electrons. The molecule has 4 saturated carbocycles. The Morgan fingerprint density at radius 3 is 2.25 bits per heavy atom. The molecule has 162 valence electrons. The van der Waals surface area contributed by atoms with Crippen LogP contribution in [0.4, 0.5) is 0 Å². The Bertz CT molecular complexity index is 520. The summed E-state index contributed by atoms with van der Waals surface area (Å²) in [7, 11) is 0. The van der Waals surface area contributed by atoms with Crippen molar-refractivity contribution in [2.75, 3.05) is 0 Å². The summed E-state index contributed by atoms with van der Waals surface area (Å²) < 4.78 is 0. The second-order valence-electron chi connectivity index (χ2n) is 12.8. The minimum atomic E-state index is 0.677. The monoisotopic (exact) mass is 386 g/mol. The van der Waals surface area contributed by atoms with Crippen molar-refractivity contribution in [1.82, 2.24) is 0 Å². The summed E-state index contributed by atoms with van der Waals surface area (Å²) in [4.78, 5) is 0. The highest BCUT2D eigenvalue weighted by Gasteiger charge is 2.59. The second kappa shape index (κ2) is 8.26. The number of fused-ring (bicyclic) bond motifs is 5. The van der Waals surface area contributed by atoms with Crippen LogP contribution in [0, 0.1) is 52.3 Å². The van der Waals surface area contributed by atoms with E-state index in [1.807, 2.05) is 0 Å². The van der Waals surface area contributed by atoms with Crippen LogP contribution in [0.2, 0.25) is 0 Å². The molecule has 0 saturated heterocycles. The predicted molar refractivity (Wildman–Crippen MR) is 122 cm³/mol. The van der Waals surface area contributed by atoms with Crippen molar-refractivity contribution in [3.63, 3.8) is 0 Å². The molecule has 0 N–H and O–H groups in total. The zero-order valence-corrected chi connectivity index (χ0v) is 19.9. The largest absolute Gasteiger partial charge is 0.0628 e. The quantitative estimate of drug-likeness (QED) is 0.400. The molecule has 7 unspecified atom stereocenters. The average Bonchev–Trinajstić information content (AvgIpc) is 3.01. The summed E-state index contributed by atoms with van der Waals surface area (Å²) in [6.07, 6.45) is 21.4. The standard InChI is InChI=1S/C28H50/c1-20(2)10-6-7-11-21(3)24-15-16-25-23-14-13-22-12-8-9-18-27(22,4)26(23)17-19-28(24,25)5/h20-26H,6-19H2,1-5H3/t21-,22?,23?,24?,25?,26?,27?,28?/m1/s1. The summed E-state index contributed by atoms with van der Waals surface area (Å²) >= 11 is 0. The van der Waals surface area contributed by atoms with Crippen molar-refractivity contribution in [2.24, 2.45) is 52.3 Å². The second-order valence-corrected chi connectivity index (χ2v) is 12.8. The van der Waals surface area contributed by atoms with Gasteiger partial charge in [0.25, 0.3) is 0 Å². The molecule has 28 heavy (non-hydrogen) atoms. The van der Waals surface area contributed by atoms with E-state index in [9.17, 15) is 0 Å². The predicted octanol–water partition coefficient (Wildman–Crippen LogP) is 8.89. The minimum absolute atomic E-state index is 0.677. The zero-order chi connectivity index (χ0) is 19.9. The molecule has 8 atom stereocenters. The Morgan fingerprint density at radius 2 is 1.46 bits per heavy atom. The van der Waals surface area contributed by atoms with Crippen molar-refractivity contribution < 1.29 is 0 Å². The molecule has 4 fully saturated rings.